The summed E-state index contributed by atoms with van der Waals surface area (Å²) in [6, 6.07) is 0. The maximum absolute atomic E-state index is 11.3. The Morgan fingerprint density at radius 1 is 1.10 bits per heavy atom. The molecule has 0 spiro atoms. The van der Waals surface area contributed by atoms with Gasteiger partial charge in [-0.25, -0.2) is 0 Å². The van der Waals surface area contributed by atoms with Gasteiger partial charge in [0, 0.05) is 0 Å². The first kappa shape index (κ1) is 12.9. The zero-order chi connectivity index (χ0) is 13.7. The number of hydrogen-bond acceptors (Lipinski definition) is 3. The predicted octanol–water partition coefficient (Wildman–Crippen LogP) is 3.15. The van der Waals surface area contributed by atoms with Gasteiger partial charge >= 0.3 is 5.97 Å². The van der Waals surface area contributed by atoms with E-state index in [1.165, 1.54) is 32.1 Å². The van der Waals surface area contributed by atoms with Crippen LogP contribution in [0.25, 0.3) is 0 Å². The van der Waals surface area contributed by atoms with Crippen LogP contribution in [-0.4, -0.2) is 18.9 Å². The van der Waals surface area contributed by atoms with Crippen LogP contribution in [0.5, 0.6) is 0 Å². The van der Waals surface area contributed by atoms with Gasteiger partial charge in [0.05, 0.1) is 12.5 Å². The third-order valence-corrected chi connectivity index (χ3v) is 6.49. The Bertz CT molecular complexity index is 418. The summed E-state index contributed by atoms with van der Waals surface area (Å²) in [5.41, 5.74) is 0. The molecule has 4 rings (SSSR count). The molecule has 3 nitrogen and oxygen atoms in total. The molecule has 7 atom stereocenters. The molecule has 3 heteroatoms. The second-order valence-corrected chi connectivity index (χ2v) is 7.22. The second kappa shape index (κ2) is 4.87. The zero-order valence-corrected chi connectivity index (χ0v) is 12.0. The molecular formula is C17H24O3. The summed E-state index contributed by atoms with van der Waals surface area (Å²) in [5, 5.41) is 0. The molecule has 0 radical (unpaired) electrons. The number of ether oxygens (including phenoxy) is 2. The van der Waals surface area contributed by atoms with Gasteiger partial charge in [-0.15, -0.1) is 6.58 Å². The third kappa shape index (κ3) is 1.86. The first-order valence-corrected chi connectivity index (χ1v) is 8.16. The van der Waals surface area contributed by atoms with E-state index in [0.29, 0.717) is 6.10 Å². The lowest BCUT2D eigenvalue weighted by molar-refractivity contribution is -0.164. The maximum atomic E-state index is 11.3. The van der Waals surface area contributed by atoms with Crippen molar-refractivity contribution in [3.8, 4) is 0 Å². The normalized spacial score (nSPS) is 47.5. The Morgan fingerprint density at radius 3 is 2.70 bits per heavy atom. The first-order valence-electron chi connectivity index (χ1n) is 8.16. The highest BCUT2D eigenvalue weighted by Crippen LogP contribution is 2.67. The largest absolute Gasteiger partial charge is 0.438 e. The van der Waals surface area contributed by atoms with Gasteiger partial charge in [0.1, 0.15) is 0 Å². The van der Waals surface area contributed by atoms with Gasteiger partial charge in [0.25, 0.3) is 0 Å². The summed E-state index contributed by atoms with van der Waals surface area (Å²) < 4.78 is 11.0. The van der Waals surface area contributed by atoms with E-state index < -0.39 is 0 Å². The molecule has 4 aliphatic rings. The Labute approximate surface area is 120 Å². The molecule has 7 unspecified atom stereocenters. The quantitative estimate of drug-likeness (QED) is 0.335. The summed E-state index contributed by atoms with van der Waals surface area (Å²) in [4.78, 5) is 11.3. The molecule has 4 saturated carbocycles. The fourth-order valence-electron chi connectivity index (χ4n) is 6.06. The van der Waals surface area contributed by atoms with Gasteiger partial charge in [-0.1, -0.05) is 6.08 Å². The average molecular weight is 276 g/mol. The van der Waals surface area contributed by atoms with E-state index in [-0.39, 0.29) is 19.2 Å². The number of carbonyl (C=O) groups is 1. The van der Waals surface area contributed by atoms with Crippen molar-refractivity contribution in [1.82, 2.24) is 0 Å². The van der Waals surface area contributed by atoms with Crippen molar-refractivity contribution in [2.75, 3.05) is 6.79 Å². The van der Waals surface area contributed by atoms with Crippen LogP contribution in [0.15, 0.2) is 12.7 Å². The van der Waals surface area contributed by atoms with E-state index in [4.69, 9.17) is 9.47 Å². The minimum Gasteiger partial charge on any atom is -0.438 e. The van der Waals surface area contributed by atoms with Crippen molar-refractivity contribution >= 4 is 5.97 Å². The van der Waals surface area contributed by atoms with Crippen LogP contribution in [0.3, 0.4) is 0 Å². The van der Waals surface area contributed by atoms with Crippen molar-refractivity contribution in [2.24, 2.45) is 35.5 Å². The highest BCUT2D eigenvalue weighted by atomic mass is 16.7. The van der Waals surface area contributed by atoms with Crippen LogP contribution in [0.4, 0.5) is 0 Å². The lowest BCUT2D eigenvalue weighted by Crippen LogP contribution is -2.36. The molecule has 0 heterocycles. The smallest absolute Gasteiger partial charge is 0.311 e. The van der Waals surface area contributed by atoms with Crippen molar-refractivity contribution in [2.45, 2.75) is 44.6 Å². The van der Waals surface area contributed by atoms with Gasteiger partial charge in [-0.2, -0.15) is 0 Å². The summed E-state index contributed by atoms with van der Waals surface area (Å²) in [5.74, 6) is 5.37. The van der Waals surface area contributed by atoms with Crippen LogP contribution in [0.1, 0.15) is 38.5 Å². The van der Waals surface area contributed by atoms with Crippen LogP contribution in [0.2, 0.25) is 0 Å². The van der Waals surface area contributed by atoms with Gasteiger partial charge in [0.15, 0.2) is 6.79 Å². The number of fused-ring (bicyclic) bond motifs is 9. The molecule has 0 aromatic rings. The summed E-state index contributed by atoms with van der Waals surface area (Å²) >= 11 is 0. The highest BCUT2D eigenvalue weighted by Gasteiger charge is 2.62. The van der Waals surface area contributed by atoms with E-state index in [1.54, 1.807) is 6.08 Å². The fraction of sp³-hybridized carbons (Fsp3) is 0.824. The topological polar surface area (TPSA) is 35.5 Å². The van der Waals surface area contributed by atoms with E-state index in [0.717, 1.165) is 35.5 Å². The molecule has 0 saturated heterocycles. The van der Waals surface area contributed by atoms with Crippen molar-refractivity contribution in [1.29, 1.82) is 0 Å². The molecular weight excluding hydrogens is 252 g/mol. The minimum absolute atomic E-state index is 0.131. The standard InChI is InChI=1S/C17H24O3/c1-2-3-15(18)20-9-19-14-8-12-7-13(14)17-11-5-4-10(6-11)16(12)17/h2,10-14,16-17H,1,3-9H2. The van der Waals surface area contributed by atoms with Crippen molar-refractivity contribution < 1.29 is 14.3 Å². The van der Waals surface area contributed by atoms with Crippen LogP contribution in [0, 0.1) is 35.5 Å². The Balaban J connectivity index is 1.32. The lowest BCUT2D eigenvalue weighted by atomic mass is 9.70. The Hall–Kier alpha value is -0.830. The van der Waals surface area contributed by atoms with Crippen LogP contribution in [-0.2, 0) is 14.3 Å². The molecule has 110 valence electrons. The maximum Gasteiger partial charge on any atom is 0.311 e. The second-order valence-electron chi connectivity index (χ2n) is 7.22. The summed E-state index contributed by atoms with van der Waals surface area (Å²) in [6.07, 6.45) is 9.19. The number of hydrogen-bond donors (Lipinski definition) is 0. The monoisotopic (exact) mass is 276 g/mol. The van der Waals surface area contributed by atoms with E-state index in [2.05, 4.69) is 6.58 Å². The number of carbonyl (C=O) groups excluding carboxylic acids is 1. The van der Waals surface area contributed by atoms with Gasteiger partial charge < -0.3 is 9.47 Å². The van der Waals surface area contributed by atoms with E-state index >= 15 is 0 Å². The molecule has 4 fully saturated rings. The molecule has 20 heavy (non-hydrogen) atoms. The van der Waals surface area contributed by atoms with Crippen LogP contribution >= 0.6 is 0 Å². The van der Waals surface area contributed by atoms with Gasteiger partial charge in [-0.3, -0.25) is 4.79 Å². The molecule has 0 aromatic carbocycles. The molecule has 0 N–H and O–H groups in total. The molecule has 4 aliphatic carbocycles. The molecule has 0 aliphatic heterocycles. The van der Waals surface area contributed by atoms with Crippen molar-refractivity contribution in [3.05, 3.63) is 12.7 Å². The average Bonchev–Trinajstić information content (AvgIpc) is 3.17. The predicted molar refractivity (Wildman–Crippen MR) is 74.7 cm³/mol. The SMILES string of the molecule is C=CCC(=O)OCOC1CC2CC1C1C3CCC(C3)C21. The van der Waals surface area contributed by atoms with E-state index in [1.807, 2.05) is 0 Å². The molecule has 0 amide bonds. The van der Waals surface area contributed by atoms with E-state index in [9.17, 15) is 4.79 Å². The number of rotatable bonds is 5. The first-order chi connectivity index (χ1) is 9.78. The Kier molecular flexibility index (Phi) is 3.13. The van der Waals surface area contributed by atoms with Crippen LogP contribution < -0.4 is 0 Å². The lowest BCUT2D eigenvalue weighted by Gasteiger charge is -2.38. The van der Waals surface area contributed by atoms with Gasteiger partial charge in [0.2, 0.25) is 0 Å². The number of esters is 1. The molecule has 4 bridgehead atoms. The highest BCUT2D eigenvalue weighted by molar-refractivity contribution is 5.70. The summed E-state index contributed by atoms with van der Waals surface area (Å²) in [7, 11) is 0. The Morgan fingerprint density at radius 2 is 1.90 bits per heavy atom. The zero-order valence-electron chi connectivity index (χ0n) is 12.0. The summed E-state index contributed by atoms with van der Waals surface area (Å²) in [6.45, 7) is 3.66. The fourth-order valence-corrected chi connectivity index (χ4v) is 6.06. The third-order valence-electron chi connectivity index (χ3n) is 6.49. The molecule has 0 aromatic heterocycles. The minimum atomic E-state index is -0.235. The van der Waals surface area contributed by atoms with Crippen molar-refractivity contribution in [3.63, 3.8) is 0 Å². The van der Waals surface area contributed by atoms with Gasteiger partial charge in [-0.05, 0) is 67.6 Å².